The third-order valence-electron chi connectivity index (χ3n) is 3.28. The number of phenolic OH excluding ortho intramolecular Hbond substituents is 1. The Morgan fingerprint density at radius 1 is 1.14 bits per heavy atom. The third-order valence-corrected chi connectivity index (χ3v) is 3.28. The van der Waals surface area contributed by atoms with E-state index in [9.17, 15) is 14.3 Å². The van der Waals surface area contributed by atoms with Crippen molar-refractivity contribution in [1.82, 2.24) is 5.32 Å². The minimum atomic E-state index is -0.340. The van der Waals surface area contributed by atoms with E-state index < -0.39 is 0 Å². The second kappa shape index (κ2) is 7.45. The van der Waals surface area contributed by atoms with Gasteiger partial charge in [0, 0.05) is 11.7 Å². The summed E-state index contributed by atoms with van der Waals surface area (Å²) >= 11 is 0. The van der Waals surface area contributed by atoms with Crippen molar-refractivity contribution < 1.29 is 14.3 Å². The molecule has 2 amide bonds. The predicted molar refractivity (Wildman–Crippen MR) is 84.4 cm³/mol. The summed E-state index contributed by atoms with van der Waals surface area (Å²) in [4.78, 5) is 11.8. The van der Waals surface area contributed by atoms with Crippen molar-refractivity contribution in [3.63, 3.8) is 0 Å². The summed E-state index contributed by atoms with van der Waals surface area (Å²) in [6.07, 6.45) is 1.58. The van der Waals surface area contributed by atoms with Crippen molar-refractivity contribution in [2.75, 3.05) is 5.32 Å². The van der Waals surface area contributed by atoms with Gasteiger partial charge in [0.25, 0.3) is 0 Å². The molecule has 116 valence electrons. The van der Waals surface area contributed by atoms with Gasteiger partial charge in [0.15, 0.2) is 0 Å². The molecule has 0 spiro atoms. The summed E-state index contributed by atoms with van der Waals surface area (Å²) in [5, 5.41) is 14.7. The van der Waals surface area contributed by atoms with Gasteiger partial charge < -0.3 is 15.7 Å². The number of nitrogens with one attached hydrogen (secondary N) is 2. The number of rotatable bonds is 5. The normalized spacial score (nSPS) is 11.7. The zero-order valence-electron chi connectivity index (χ0n) is 12.3. The molecule has 0 aliphatic carbocycles. The van der Waals surface area contributed by atoms with E-state index in [0.29, 0.717) is 5.69 Å². The highest BCUT2D eigenvalue weighted by molar-refractivity contribution is 5.89. The highest BCUT2D eigenvalue weighted by Gasteiger charge is 2.08. The molecule has 5 heteroatoms. The number of aryl methyl sites for hydroxylation is 1. The number of carbonyl (C=O) groups is 1. The summed E-state index contributed by atoms with van der Waals surface area (Å²) in [7, 11) is 0. The van der Waals surface area contributed by atoms with Gasteiger partial charge in [-0.2, -0.15) is 0 Å². The summed E-state index contributed by atoms with van der Waals surface area (Å²) in [5.41, 5.74) is 1.65. The first-order valence-corrected chi connectivity index (χ1v) is 7.14. The number of urea groups is 1. The molecule has 0 heterocycles. The number of benzene rings is 2. The number of halogens is 1. The standard InChI is InChI=1S/C17H19FN2O2/c1-12(2-3-13-4-10-16(21)11-5-13)19-17(22)20-15-8-6-14(18)7-9-15/h4-12,21H,2-3H2,1H3,(H2,19,20,22). The van der Waals surface area contributed by atoms with Crippen LogP contribution in [0.25, 0.3) is 0 Å². The van der Waals surface area contributed by atoms with Crippen LogP contribution in [0.5, 0.6) is 5.75 Å². The molecular formula is C17H19FN2O2. The summed E-state index contributed by atoms with van der Waals surface area (Å²) < 4.78 is 12.8. The van der Waals surface area contributed by atoms with Crippen LogP contribution in [0, 0.1) is 5.82 Å². The average Bonchev–Trinajstić information content (AvgIpc) is 2.49. The van der Waals surface area contributed by atoms with Crippen molar-refractivity contribution in [3.05, 3.63) is 59.9 Å². The lowest BCUT2D eigenvalue weighted by atomic mass is 10.1. The largest absolute Gasteiger partial charge is 0.508 e. The molecule has 22 heavy (non-hydrogen) atoms. The van der Waals surface area contributed by atoms with Gasteiger partial charge >= 0.3 is 6.03 Å². The van der Waals surface area contributed by atoms with E-state index in [1.807, 2.05) is 19.1 Å². The lowest BCUT2D eigenvalue weighted by Gasteiger charge is -2.14. The molecule has 1 atom stereocenters. The zero-order valence-corrected chi connectivity index (χ0v) is 12.3. The first kappa shape index (κ1) is 15.8. The second-order valence-corrected chi connectivity index (χ2v) is 5.21. The van der Waals surface area contributed by atoms with Crippen molar-refractivity contribution in [2.24, 2.45) is 0 Å². The van der Waals surface area contributed by atoms with Crippen molar-refractivity contribution in [3.8, 4) is 5.75 Å². The maximum Gasteiger partial charge on any atom is 0.319 e. The molecule has 2 aromatic carbocycles. The van der Waals surface area contributed by atoms with E-state index in [4.69, 9.17) is 0 Å². The van der Waals surface area contributed by atoms with E-state index in [2.05, 4.69) is 10.6 Å². The SMILES string of the molecule is CC(CCc1ccc(O)cc1)NC(=O)Nc1ccc(F)cc1. The number of anilines is 1. The molecule has 0 fully saturated rings. The Morgan fingerprint density at radius 3 is 2.41 bits per heavy atom. The van der Waals surface area contributed by atoms with Crippen LogP contribution in [0.3, 0.4) is 0 Å². The minimum absolute atomic E-state index is 0.00532. The fourth-order valence-corrected chi connectivity index (χ4v) is 2.04. The molecule has 0 aromatic heterocycles. The average molecular weight is 302 g/mol. The fraction of sp³-hybridized carbons (Fsp3) is 0.235. The van der Waals surface area contributed by atoms with E-state index in [1.54, 1.807) is 12.1 Å². The second-order valence-electron chi connectivity index (χ2n) is 5.21. The maximum atomic E-state index is 12.8. The fourth-order valence-electron chi connectivity index (χ4n) is 2.04. The Kier molecular flexibility index (Phi) is 5.36. The first-order chi connectivity index (χ1) is 10.5. The van der Waals surface area contributed by atoms with Crippen molar-refractivity contribution >= 4 is 11.7 Å². The number of carbonyl (C=O) groups excluding carboxylic acids is 1. The number of hydrogen-bond donors (Lipinski definition) is 3. The number of aromatic hydroxyl groups is 1. The highest BCUT2D eigenvalue weighted by atomic mass is 19.1. The molecule has 0 saturated carbocycles. The van der Waals surface area contributed by atoms with Gasteiger partial charge in [-0.25, -0.2) is 9.18 Å². The summed E-state index contributed by atoms with van der Waals surface area (Å²) in [6, 6.07) is 12.3. The smallest absolute Gasteiger partial charge is 0.319 e. The summed E-state index contributed by atoms with van der Waals surface area (Å²) in [6.45, 7) is 1.92. The van der Waals surface area contributed by atoms with Gasteiger partial charge in [-0.05, 0) is 61.7 Å². The van der Waals surface area contributed by atoms with Crippen LogP contribution < -0.4 is 10.6 Å². The van der Waals surface area contributed by atoms with E-state index >= 15 is 0 Å². The lowest BCUT2D eigenvalue weighted by Crippen LogP contribution is -2.36. The molecule has 4 nitrogen and oxygen atoms in total. The van der Waals surface area contributed by atoms with Gasteiger partial charge in [0.2, 0.25) is 0 Å². The quantitative estimate of drug-likeness (QED) is 0.789. The topological polar surface area (TPSA) is 61.4 Å². The van der Waals surface area contributed by atoms with E-state index in [1.165, 1.54) is 24.3 Å². The van der Waals surface area contributed by atoms with Crippen LogP contribution in [-0.4, -0.2) is 17.2 Å². The monoisotopic (exact) mass is 302 g/mol. The van der Waals surface area contributed by atoms with Crippen molar-refractivity contribution in [2.45, 2.75) is 25.8 Å². The van der Waals surface area contributed by atoms with Gasteiger partial charge in [-0.3, -0.25) is 0 Å². The number of amides is 2. The molecule has 0 radical (unpaired) electrons. The van der Waals surface area contributed by atoms with Crippen LogP contribution in [0.2, 0.25) is 0 Å². The molecule has 0 aliphatic heterocycles. The van der Waals surface area contributed by atoms with Gasteiger partial charge in [-0.1, -0.05) is 12.1 Å². The number of hydrogen-bond acceptors (Lipinski definition) is 2. The summed E-state index contributed by atoms with van der Waals surface area (Å²) in [5.74, 6) is -0.0955. The third kappa shape index (κ3) is 5.09. The van der Waals surface area contributed by atoms with E-state index in [0.717, 1.165) is 18.4 Å². The van der Waals surface area contributed by atoms with Crippen LogP contribution >= 0.6 is 0 Å². The first-order valence-electron chi connectivity index (χ1n) is 7.14. The zero-order chi connectivity index (χ0) is 15.9. The maximum absolute atomic E-state index is 12.8. The molecule has 2 rings (SSSR count). The minimum Gasteiger partial charge on any atom is -0.508 e. The van der Waals surface area contributed by atoms with Gasteiger partial charge in [0.1, 0.15) is 11.6 Å². The Morgan fingerprint density at radius 2 is 1.77 bits per heavy atom. The van der Waals surface area contributed by atoms with Crippen LogP contribution in [-0.2, 0) is 6.42 Å². The molecular weight excluding hydrogens is 283 g/mol. The Hall–Kier alpha value is -2.56. The van der Waals surface area contributed by atoms with Crippen LogP contribution in [0.1, 0.15) is 18.9 Å². The van der Waals surface area contributed by atoms with Crippen LogP contribution in [0.4, 0.5) is 14.9 Å². The Balaban J connectivity index is 1.76. The highest BCUT2D eigenvalue weighted by Crippen LogP contribution is 2.12. The Bertz CT molecular complexity index is 612. The number of phenols is 1. The molecule has 0 bridgehead atoms. The lowest BCUT2D eigenvalue weighted by molar-refractivity contribution is 0.248. The molecule has 1 unspecified atom stereocenters. The molecule has 0 saturated heterocycles. The van der Waals surface area contributed by atoms with Crippen molar-refractivity contribution in [1.29, 1.82) is 0 Å². The Labute approximate surface area is 129 Å². The van der Waals surface area contributed by atoms with Crippen LogP contribution in [0.15, 0.2) is 48.5 Å². The van der Waals surface area contributed by atoms with Gasteiger partial charge in [-0.15, -0.1) is 0 Å². The molecule has 3 N–H and O–H groups in total. The molecule has 0 aliphatic rings. The van der Waals surface area contributed by atoms with E-state index in [-0.39, 0.29) is 23.6 Å². The predicted octanol–water partition coefficient (Wildman–Crippen LogP) is 3.67. The molecule has 2 aromatic rings. The van der Waals surface area contributed by atoms with Gasteiger partial charge in [0.05, 0.1) is 0 Å².